The van der Waals surface area contributed by atoms with Crippen molar-refractivity contribution in [2.75, 3.05) is 5.32 Å². The van der Waals surface area contributed by atoms with E-state index in [1.165, 1.54) is 18.2 Å². The maximum atomic E-state index is 13.4. The molecule has 2 aromatic carbocycles. The van der Waals surface area contributed by atoms with Gasteiger partial charge in [-0.2, -0.15) is 0 Å². The Kier molecular flexibility index (Phi) is 6.24. The molecule has 0 spiro atoms. The molecule has 0 aliphatic heterocycles. The molecule has 0 aliphatic rings. The van der Waals surface area contributed by atoms with Crippen LogP contribution in [0.1, 0.15) is 24.0 Å². The van der Waals surface area contributed by atoms with Crippen molar-refractivity contribution in [1.82, 2.24) is 0 Å². The number of nitrogens with one attached hydrogen (secondary N) is 1. The lowest BCUT2D eigenvalue weighted by molar-refractivity contribution is -0.112. The van der Waals surface area contributed by atoms with Crippen molar-refractivity contribution in [3.63, 3.8) is 0 Å². The van der Waals surface area contributed by atoms with Crippen LogP contribution in [-0.4, -0.2) is 12.2 Å². The summed E-state index contributed by atoms with van der Waals surface area (Å²) in [5, 5.41) is 2.72. The lowest BCUT2D eigenvalue weighted by Crippen LogP contribution is -2.07. The van der Waals surface area contributed by atoms with Crippen LogP contribution in [-0.2, 0) is 16.0 Å². The Balaban J connectivity index is 1.90. The SMILES string of the molecule is O=CCCCc1ccc(NC(=O)/C=C/c2ccccc2F)cc1. The van der Waals surface area contributed by atoms with E-state index >= 15 is 0 Å². The summed E-state index contributed by atoms with van der Waals surface area (Å²) in [6.45, 7) is 0. The molecule has 0 saturated heterocycles. The molecule has 2 rings (SSSR count). The minimum Gasteiger partial charge on any atom is -0.323 e. The molecule has 118 valence electrons. The normalized spacial score (nSPS) is 10.7. The van der Waals surface area contributed by atoms with Crippen LogP contribution in [0.2, 0.25) is 0 Å². The van der Waals surface area contributed by atoms with Crippen LogP contribution in [0, 0.1) is 5.82 Å². The Morgan fingerprint density at radius 3 is 2.52 bits per heavy atom. The second-order valence-corrected chi connectivity index (χ2v) is 5.10. The molecule has 1 N–H and O–H groups in total. The number of amides is 1. The van der Waals surface area contributed by atoms with Crippen LogP contribution in [0.25, 0.3) is 6.08 Å². The van der Waals surface area contributed by atoms with Gasteiger partial charge in [-0.1, -0.05) is 30.3 Å². The Hall–Kier alpha value is -2.75. The van der Waals surface area contributed by atoms with Gasteiger partial charge in [0.2, 0.25) is 5.91 Å². The fourth-order valence-corrected chi connectivity index (χ4v) is 2.10. The number of carbonyl (C=O) groups excluding carboxylic acids is 2. The van der Waals surface area contributed by atoms with Crippen LogP contribution in [0.3, 0.4) is 0 Å². The van der Waals surface area contributed by atoms with Gasteiger partial charge in [-0.15, -0.1) is 0 Å². The molecule has 0 bridgehead atoms. The summed E-state index contributed by atoms with van der Waals surface area (Å²) in [5.41, 5.74) is 2.16. The molecule has 4 heteroatoms. The predicted octanol–water partition coefficient (Wildman–Crippen LogP) is 4.00. The largest absolute Gasteiger partial charge is 0.323 e. The molecule has 0 saturated carbocycles. The van der Waals surface area contributed by atoms with Crippen molar-refractivity contribution in [3.8, 4) is 0 Å². The molecule has 1 amide bonds. The average Bonchev–Trinajstić information content (AvgIpc) is 2.56. The maximum Gasteiger partial charge on any atom is 0.248 e. The van der Waals surface area contributed by atoms with E-state index in [4.69, 9.17) is 0 Å². The Bertz CT molecular complexity index is 693. The number of hydrogen-bond donors (Lipinski definition) is 1. The summed E-state index contributed by atoms with van der Waals surface area (Å²) in [5.74, 6) is -0.682. The highest BCUT2D eigenvalue weighted by molar-refractivity contribution is 6.01. The van der Waals surface area contributed by atoms with E-state index in [0.29, 0.717) is 17.7 Å². The first-order valence-electron chi connectivity index (χ1n) is 7.45. The Morgan fingerprint density at radius 2 is 1.83 bits per heavy atom. The summed E-state index contributed by atoms with van der Waals surface area (Å²) >= 11 is 0. The van der Waals surface area contributed by atoms with E-state index in [1.807, 2.05) is 24.3 Å². The standard InChI is InChI=1S/C19H18FNO2/c20-18-7-2-1-6-16(18)10-13-19(23)21-17-11-8-15(9-12-17)5-3-4-14-22/h1-2,6-14H,3-5H2,(H,21,23)/b13-10+. The van der Waals surface area contributed by atoms with Crippen molar-refractivity contribution in [2.24, 2.45) is 0 Å². The van der Waals surface area contributed by atoms with Crippen LogP contribution >= 0.6 is 0 Å². The third-order valence-electron chi connectivity index (χ3n) is 3.33. The smallest absolute Gasteiger partial charge is 0.248 e. The van der Waals surface area contributed by atoms with Crippen molar-refractivity contribution < 1.29 is 14.0 Å². The third-order valence-corrected chi connectivity index (χ3v) is 3.33. The van der Waals surface area contributed by atoms with Crippen LogP contribution < -0.4 is 5.32 Å². The number of aryl methyl sites for hydroxylation is 1. The van der Waals surface area contributed by atoms with E-state index in [0.717, 1.165) is 24.7 Å². The molecule has 0 heterocycles. The number of anilines is 1. The zero-order valence-corrected chi connectivity index (χ0v) is 12.7. The van der Waals surface area contributed by atoms with Gasteiger partial charge in [0.15, 0.2) is 0 Å². The lowest BCUT2D eigenvalue weighted by atomic mass is 10.1. The van der Waals surface area contributed by atoms with Crippen molar-refractivity contribution in [1.29, 1.82) is 0 Å². The van der Waals surface area contributed by atoms with Gasteiger partial charge in [0.25, 0.3) is 0 Å². The summed E-state index contributed by atoms with van der Waals surface area (Å²) < 4.78 is 13.4. The fourth-order valence-electron chi connectivity index (χ4n) is 2.10. The molecule has 23 heavy (non-hydrogen) atoms. The maximum absolute atomic E-state index is 13.4. The molecule has 2 aromatic rings. The molecule has 0 aromatic heterocycles. The van der Waals surface area contributed by atoms with Crippen molar-refractivity contribution >= 4 is 24.0 Å². The summed E-state index contributed by atoms with van der Waals surface area (Å²) in [4.78, 5) is 22.1. The number of unbranched alkanes of at least 4 members (excludes halogenated alkanes) is 1. The highest BCUT2D eigenvalue weighted by Gasteiger charge is 2.00. The Morgan fingerprint density at radius 1 is 1.09 bits per heavy atom. The molecule has 0 fully saturated rings. The van der Waals surface area contributed by atoms with E-state index < -0.39 is 0 Å². The number of rotatable bonds is 7. The highest BCUT2D eigenvalue weighted by atomic mass is 19.1. The zero-order valence-electron chi connectivity index (χ0n) is 12.7. The number of benzene rings is 2. The van der Waals surface area contributed by atoms with Crippen LogP contribution in [0.5, 0.6) is 0 Å². The number of hydrogen-bond acceptors (Lipinski definition) is 2. The van der Waals surface area contributed by atoms with E-state index in [2.05, 4.69) is 5.32 Å². The van der Waals surface area contributed by atoms with Gasteiger partial charge < -0.3 is 10.1 Å². The summed E-state index contributed by atoms with van der Waals surface area (Å²) in [6, 6.07) is 13.7. The summed E-state index contributed by atoms with van der Waals surface area (Å²) in [6.07, 6.45) is 5.87. The van der Waals surface area contributed by atoms with Gasteiger partial charge in [0.1, 0.15) is 12.1 Å². The number of carbonyl (C=O) groups is 2. The second kappa shape index (κ2) is 8.63. The van der Waals surface area contributed by atoms with Gasteiger partial charge in [-0.05, 0) is 42.7 Å². The third kappa shape index (κ3) is 5.51. The van der Waals surface area contributed by atoms with Crippen LogP contribution in [0.4, 0.5) is 10.1 Å². The molecule has 0 atom stereocenters. The molecule has 0 radical (unpaired) electrons. The zero-order chi connectivity index (χ0) is 16.5. The van der Waals surface area contributed by atoms with Crippen molar-refractivity contribution in [2.45, 2.75) is 19.3 Å². The quantitative estimate of drug-likeness (QED) is 0.477. The van der Waals surface area contributed by atoms with Gasteiger partial charge >= 0.3 is 0 Å². The van der Waals surface area contributed by atoms with Gasteiger partial charge in [0, 0.05) is 23.7 Å². The minimum atomic E-state index is -0.365. The molecular formula is C19H18FNO2. The number of aldehydes is 1. The topological polar surface area (TPSA) is 46.2 Å². The summed E-state index contributed by atoms with van der Waals surface area (Å²) in [7, 11) is 0. The molecule has 0 unspecified atom stereocenters. The van der Waals surface area contributed by atoms with E-state index in [-0.39, 0.29) is 11.7 Å². The first-order valence-corrected chi connectivity index (χ1v) is 7.45. The van der Waals surface area contributed by atoms with Crippen LogP contribution in [0.15, 0.2) is 54.6 Å². The number of halogens is 1. The molecule has 3 nitrogen and oxygen atoms in total. The highest BCUT2D eigenvalue weighted by Crippen LogP contribution is 2.12. The first-order chi connectivity index (χ1) is 11.2. The lowest BCUT2D eigenvalue weighted by Gasteiger charge is -2.04. The monoisotopic (exact) mass is 311 g/mol. The fraction of sp³-hybridized carbons (Fsp3) is 0.158. The van der Waals surface area contributed by atoms with Gasteiger partial charge in [-0.25, -0.2) is 4.39 Å². The molecular weight excluding hydrogens is 293 g/mol. The van der Waals surface area contributed by atoms with Crippen molar-refractivity contribution in [3.05, 3.63) is 71.6 Å². The predicted molar refractivity (Wildman–Crippen MR) is 89.5 cm³/mol. The minimum absolute atomic E-state index is 0.318. The van der Waals surface area contributed by atoms with Gasteiger partial charge in [-0.3, -0.25) is 4.79 Å². The Labute approximate surface area is 134 Å². The molecule has 0 aliphatic carbocycles. The first kappa shape index (κ1) is 16.6. The second-order valence-electron chi connectivity index (χ2n) is 5.10. The average molecular weight is 311 g/mol. The van der Waals surface area contributed by atoms with Gasteiger partial charge in [0.05, 0.1) is 0 Å². The van der Waals surface area contributed by atoms with E-state index in [9.17, 15) is 14.0 Å². The van der Waals surface area contributed by atoms with E-state index in [1.54, 1.807) is 18.2 Å².